The molecule has 23 heavy (non-hydrogen) atoms. The summed E-state index contributed by atoms with van der Waals surface area (Å²) in [5, 5.41) is 1.58. The van der Waals surface area contributed by atoms with E-state index in [2.05, 4.69) is 4.98 Å². The third kappa shape index (κ3) is 3.03. The summed E-state index contributed by atoms with van der Waals surface area (Å²) in [6.07, 6.45) is 0. The summed E-state index contributed by atoms with van der Waals surface area (Å²) in [6, 6.07) is 13.3. The Balaban J connectivity index is 1.96. The second-order valence-corrected chi connectivity index (χ2v) is 5.62. The average molecular weight is 329 g/mol. The van der Waals surface area contributed by atoms with Crippen LogP contribution in [0.25, 0.3) is 10.9 Å². The van der Waals surface area contributed by atoms with Gasteiger partial charge in [-0.1, -0.05) is 29.8 Å². The molecule has 0 amide bonds. The second kappa shape index (κ2) is 6.34. The molecular formula is C18H17ClN2O2. The maximum Gasteiger partial charge on any atom is 0.149 e. The first-order valence-corrected chi connectivity index (χ1v) is 7.58. The van der Waals surface area contributed by atoms with Gasteiger partial charge in [0.05, 0.1) is 23.4 Å². The van der Waals surface area contributed by atoms with Crippen molar-refractivity contribution >= 4 is 28.2 Å². The van der Waals surface area contributed by atoms with E-state index in [0.717, 1.165) is 22.2 Å². The number of pyridine rings is 1. The molecule has 5 heteroatoms. The smallest absolute Gasteiger partial charge is 0.149 e. The number of methoxy groups -OCH3 is 1. The van der Waals surface area contributed by atoms with Gasteiger partial charge in [-0.2, -0.15) is 0 Å². The van der Waals surface area contributed by atoms with E-state index in [1.54, 1.807) is 19.2 Å². The normalized spacial score (nSPS) is 10.7. The quantitative estimate of drug-likeness (QED) is 0.723. The van der Waals surface area contributed by atoms with Crippen molar-refractivity contribution in [2.45, 2.75) is 13.5 Å². The van der Waals surface area contributed by atoms with Gasteiger partial charge in [0.15, 0.2) is 0 Å². The number of hydrogen-bond donors (Lipinski definition) is 1. The number of nitrogen functional groups attached to an aromatic ring is 1. The fraction of sp³-hybridized carbons (Fsp3) is 0.167. The summed E-state index contributed by atoms with van der Waals surface area (Å²) in [5.41, 5.74) is 8.94. The Labute approximate surface area is 139 Å². The van der Waals surface area contributed by atoms with Crippen molar-refractivity contribution in [1.82, 2.24) is 4.98 Å². The Kier molecular flexibility index (Phi) is 4.26. The van der Waals surface area contributed by atoms with Gasteiger partial charge in [-0.15, -0.1) is 0 Å². The highest BCUT2D eigenvalue weighted by Crippen LogP contribution is 2.34. The molecule has 118 valence electrons. The summed E-state index contributed by atoms with van der Waals surface area (Å²) in [4.78, 5) is 4.56. The number of rotatable bonds is 4. The maximum absolute atomic E-state index is 6.26. The Bertz CT molecular complexity index is 865. The molecule has 4 nitrogen and oxygen atoms in total. The van der Waals surface area contributed by atoms with Crippen molar-refractivity contribution in [1.29, 1.82) is 0 Å². The van der Waals surface area contributed by atoms with Crippen molar-refractivity contribution in [3.05, 3.63) is 58.7 Å². The third-order valence-corrected chi connectivity index (χ3v) is 3.99. The third-order valence-electron chi connectivity index (χ3n) is 3.63. The molecule has 0 atom stereocenters. The fourth-order valence-corrected chi connectivity index (χ4v) is 2.68. The summed E-state index contributed by atoms with van der Waals surface area (Å²) in [5.74, 6) is 1.24. The lowest BCUT2D eigenvalue weighted by Crippen LogP contribution is -2.03. The molecule has 3 aromatic rings. The maximum atomic E-state index is 6.26. The van der Waals surface area contributed by atoms with Crippen molar-refractivity contribution in [2.75, 3.05) is 12.8 Å². The highest BCUT2D eigenvalue weighted by molar-refractivity contribution is 6.31. The number of halogens is 1. The van der Waals surface area contributed by atoms with Gasteiger partial charge in [-0.05, 0) is 31.2 Å². The summed E-state index contributed by atoms with van der Waals surface area (Å²) in [6.45, 7) is 2.20. The van der Waals surface area contributed by atoms with Crippen LogP contribution in [0.1, 0.15) is 11.3 Å². The van der Waals surface area contributed by atoms with Crippen molar-refractivity contribution in [3.8, 4) is 11.5 Å². The number of nitrogens with zero attached hydrogens (tertiary/aromatic N) is 1. The summed E-state index contributed by atoms with van der Waals surface area (Å²) in [7, 11) is 1.56. The highest BCUT2D eigenvalue weighted by atomic mass is 35.5. The Morgan fingerprint density at radius 2 is 1.96 bits per heavy atom. The van der Waals surface area contributed by atoms with Crippen molar-refractivity contribution < 1.29 is 9.47 Å². The molecule has 0 bridgehead atoms. The number of ether oxygens (including phenoxy) is 2. The van der Waals surface area contributed by atoms with Gasteiger partial charge in [0.1, 0.15) is 23.6 Å². The van der Waals surface area contributed by atoms with Gasteiger partial charge in [0.25, 0.3) is 0 Å². The van der Waals surface area contributed by atoms with Crippen LogP contribution >= 0.6 is 11.6 Å². The number of benzene rings is 2. The molecule has 2 aromatic carbocycles. The van der Waals surface area contributed by atoms with Gasteiger partial charge >= 0.3 is 0 Å². The zero-order valence-electron chi connectivity index (χ0n) is 13.0. The van der Waals surface area contributed by atoms with E-state index in [1.165, 1.54) is 0 Å². The van der Waals surface area contributed by atoms with Crippen LogP contribution in [0.5, 0.6) is 11.5 Å². The van der Waals surface area contributed by atoms with Crippen molar-refractivity contribution in [3.63, 3.8) is 0 Å². The lowest BCUT2D eigenvalue weighted by molar-refractivity contribution is 0.300. The number of para-hydroxylation sites is 1. The molecule has 1 aromatic heterocycles. The van der Waals surface area contributed by atoms with E-state index in [1.807, 2.05) is 37.3 Å². The lowest BCUT2D eigenvalue weighted by atomic mass is 10.1. The highest BCUT2D eigenvalue weighted by Gasteiger charge is 2.13. The van der Waals surface area contributed by atoms with Gasteiger partial charge < -0.3 is 15.2 Å². The molecule has 0 fully saturated rings. The molecule has 0 aliphatic rings. The number of anilines is 1. The number of hydrogen-bond acceptors (Lipinski definition) is 4. The first kappa shape index (κ1) is 15.4. The zero-order chi connectivity index (χ0) is 16.4. The van der Waals surface area contributed by atoms with E-state index in [9.17, 15) is 0 Å². The van der Waals surface area contributed by atoms with Crippen LogP contribution in [0, 0.1) is 6.92 Å². The predicted molar refractivity (Wildman–Crippen MR) is 93.2 cm³/mol. The average Bonchev–Trinajstić information content (AvgIpc) is 2.55. The Hall–Kier alpha value is -2.46. The van der Waals surface area contributed by atoms with Gasteiger partial charge in [-0.25, -0.2) is 4.98 Å². The Morgan fingerprint density at radius 1 is 1.13 bits per heavy atom. The topological polar surface area (TPSA) is 57.4 Å². The van der Waals surface area contributed by atoms with E-state index in [0.29, 0.717) is 22.2 Å². The van der Waals surface area contributed by atoms with Crippen LogP contribution in [0.15, 0.2) is 42.5 Å². The lowest BCUT2D eigenvalue weighted by Gasteiger charge is -2.14. The van der Waals surface area contributed by atoms with Crippen LogP contribution in [0.3, 0.4) is 0 Å². The molecular weight excluding hydrogens is 312 g/mol. The molecule has 0 aliphatic heterocycles. The minimum absolute atomic E-state index is 0.252. The number of aromatic nitrogens is 1. The summed E-state index contributed by atoms with van der Waals surface area (Å²) < 4.78 is 11.3. The van der Waals surface area contributed by atoms with E-state index in [4.69, 9.17) is 26.8 Å². The van der Waals surface area contributed by atoms with Gasteiger partial charge in [0.2, 0.25) is 0 Å². The first-order valence-electron chi connectivity index (χ1n) is 7.20. The molecule has 0 saturated heterocycles. The molecule has 0 saturated carbocycles. The van der Waals surface area contributed by atoms with Crippen LogP contribution in [0.4, 0.5) is 5.69 Å². The monoisotopic (exact) mass is 328 g/mol. The predicted octanol–water partition coefficient (Wildman–Crippen LogP) is 4.37. The van der Waals surface area contributed by atoms with E-state index in [-0.39, 0.29) is 6.61 Å². The van der Waals surface area contributed by atoms with Crippen LogP contribution in [-0.2, 0) is 6.61 Å². The molecule has 1 heterocycles. The van der Waals surface area contributed by atoms with Crippen LogP contribution in [-0.4, -0.2) is 12.1 Å². The largest absolute Gasteiger partial charge is 0.494 e. The zero-order valence-corrected chi connectivity index (χ0v) is 13.7. The number of aryl methyl sites for hydroxylation is 1. The number of fused-ring (bicyclic) bond motifs is 1. The SMILES string of the molecule is COc1c(N)ccc(Cl)c1COc1cccc2ccc(C)nc12. The standard InChI is InChI=1S/C18H17ClN2O2/c1-11-6-7-12-4-3-5-16(17(12)21-11)23-10-13-14(19)8-9-15(20)18(13)22-2/h3-9H,10,20H2,1-2H3. The molecule has 0 spiro atoms. The van der Waals surface area contributed by atoms with Crippen LogP contribution < -0.4 is 15.2 Å². The van der Waals surface area contributed by atoms with Crippen molar-refractivity contribution in [2.24, 2.45) is 0 Å². The number of nitrogens with two attached hydrogens (primary N) is 1. The molecule has 3 rings (SSSR count). The van der Waals surface area contributed by atoms with Crippen LogP contribution in [0.2, 0.25) is 5.02 Å². The van der Waals surface area contributed by atoms with E-state index >= 15 is 0 Å². The van der Waals surface area contributed by atoms with Gasteiger partial charge in [0, 0.05) is 11.1 Å². The Morgan fingerprint density at radius 3 is 2.74 bits per heavy atom. The minimum Gasteiger partial charge on any atom is -0.494 e. The molecule has 0 aliphatic carbocycles. The molecule has 0 radical (unpaired) electrons. The molecule has 2 N–H and O–H groups in total. The van der Waals surface area contributed by atoms with Gasteiger partial charge in [-0.3, -0.25) is 0 Å². The fourth-order valence-electron chi connectivity index (χ4n) is 2.48. The summed E-state index contributed by atoms with van der Waals surface area (Å²) >= 11 is 6.26. The minimum atomic E-state index is 0.252. The second-order valence-electron chi connectivity index (χ2n) is 5.22. The van der Waals surface area contributed by atoms with E-state index < -0.39 is 0 Å². The molecule has 0 unspecified atom stereocenters. The first-order chi connectivity index (χ1) is 11.1.